The Kier molecular flexibility index (Phi) is 2.97. The topological polar surface area (TPSA) is 75.4 Å². The molecule has 2 rings (SSSR count). The fraction of sp³-hybridized carbons (Fsp3) is 0. The van der Waals surface area contributed by atoms with E-state index in [-0.39, 0.29) is 11.4 Å². The third-order valence-corrected chi connectivity index (χ3v) is 2.25. The molecule has 0 fully saturated rings. The molecule has 1 atom stereocenters. The van der Waals surface area contributed by atoms with Gasteiger partial charge >= 0.3 is 0 Å². The summed E-state index contributed by atoms with van der Waals surface area (Å²) in [7, 11) is 0. The predicted molar refractivity (Wildman–Crippen MR) is 56.3 cm³/mol. The van der Waals surface area contributed by atoms with Gasteiger partial charge in [-0.1, -0.05) is 30.3 Å². The van der Waals surface area contributed by atoms with Crippen molar-refractivity contribution in [3.05, 3.63) is 36.3 Å². The predicted octanol–water partition coefficient (Wildman–Crippen LogP) is 2.03. The van der Waals surface area contributed by atoms with Crippen LogP contribution in [0.15, 0.2) is 34.9 Å². The lowest BCUT2D eigenvalue weighted by molar-refractivity contribution is 0.384. The number of hydrogen-bond acceptors (Lipinski definition) is 3. The summed E-state index contributed by atoms with van der Waals surface area (Å²) in [6.45, 7) is 0. The van der Waals surface area contributed by atoms with E-state index in [0.29, 0.717) is 5.56 Å². The van der Waals surface area contributed by atoms with Crippen molar-refractivity contribution in [2.75, 3.05) is 4.72 Å². The average Bonchev–Trinajstić information content (AvgIpc) is 2.61. The summed E-state index contributed by atoms with van der Waals surface area (Å²) in [6, 6.07) is 8.59. The number of halogens is 1. The van der Waals surface area contributed by atoms with Crippen LogP contribution >= 0.6 is 0 Å². The third-order valence-electron chi connectivity index (χ3n) is 1.88. The molecule has 0 radical (unpaired) electrons. The number of nitrogens with zero attached hydrogens (tertiary/aromatic N) is 1. The largest absolute Gasteiger partial charge is 0.351 e. The number of hydrogen-bond donors (Lipinski definition) is 2. The highest BCUT2D eigenvalue weighted by molar-refractivity contribution is 7.80. The van der Waals surface area contributed by atoms with Gasteiger partial charge in [-0.25, -0.2) is 4.21 Å². The van der Waals surface area contributed by atoms with Gasteiger partial charge in [0, 0.05) is 5.56 Å². The Morgan fingerprint density at radius 3 is 2.69 bits per heavy atom. The Hall–Kier alpha value is -1.73. The van der Waals surface area contributed by atoms with Crippen LogP contribution in [0.2, 0.25) is 0 Å². The van der Waals surface area contributed by atoms with E-state index in [9.17, 15) is 8.60 Å². The van der Waals surface area contributed by atoms with Crippen LogP contribution in [0.4, 0.5) is 10.1 Å². The zero-order valence-corrected chi connectivity index (χ0v) is 8.70. The molecule has 16 heavy (non-hydrogen) atoms. The van der Waals surface area contributed by atoms with Crippen molar-refractivity contribution in [1.82, 2.24) is 5.16 Å². The molecule has 0 spiro atoms. The van der Waals surface area contributed by atoms with Crippen molar-refractivity contribution in [3.8, 4) is 11.3 Å². The molecular weight excluding hydrogens is 235 g/mol. The lowest BCUT2D eigenvalue weighted by Gasteiger charge is -2.00. The molecule has 7 heteroatoms. The third kappa shape index (κ3) is 2.10. The summed E-state index contributed by atoms with van der Waals surface area (Å²) in [5.41, 5.74) is 0.332. The maximum atomic E-state index is 13.1. The molecule has 2 N–H and O–H groups in total. The Balaban J connectivity index is 2.46. The molecule has 1 unspecified atom stereocenters. The molecule has 84 valence electrons. The fourth-order valence-electron chi connectivity index (χ4n) is 1.23. The van der Waals surface area contributed by atoms with Gasteiger partial charge in [-0.2, -0.15) is 4.39 Å². The molecule has 0 aliphatic heterocycles. The van der Waals surface area contributed by atoms with E-state index in [1.165, 1.54) is 0 Å². The van der Waals surface area contributed by atoms with Crippen LogP contribution in [0.5, 0.6) is 0 Å². The molecule has 0 amide bonds. The molecule has 5 nitrogen and oxygen atoms in total. The maximum Gasteiger partial charge on any atom is 0.278 e. The number of aromatic nitrogens is 1. The summed E-state index contributed by atoms with van der Waals surface area (Å²) in [5, 5.41) is 3.10. The number of rotatable bonds is 3. The molecule has 0 saturated carbocycles. The summed E-state index contributed by atoms with van der Waals surface area (Å²) in [4.78, 5) is 0. The summed E-state index contributed by atoms with van der Waals surface area (Å²) < 4.78 is 39.1. The molecule has 0 bridgehead atoms. The van der Waals surface area contributed by atoms with E-state index >= 15 is 0 Å². The highest BCUT2D eigenvalue weighted by Crippen LogP contribution is 2.30. The van der Waals surface area contributed by atoms with Gasteiger partial charge in [0.1, 0.15) is 0 Å². The second-order valence-corrected chi connectivity index (χ2v) is 3.60. The van der Waals surface area contributed by atoms with Gasteiger partial charge in [0.2, 0.25) is 0 Å². The van der Waals surface area contributed by atoms with Crippen molar-refractivity contribution >= 4 is 17.0 Å². The Morgan fingerprint density at radius 2 is 2.06 bits per heavy atom. The Bertz CT molecular complexity index is 515. The van der Waals surface area contributed by atoms with E-state index in [1.807, 2.05) is 4.72 Å². The van der Waals surface area contributed by atoms with Crippen molar-refractivity contribution in [2.45, 2.75) is 0 Å². The lowest BCUT2D eigenvalue weighted by Crippen LogP contribution is -2.03. The summed E-state index contributed by atoms with van der Waals surface area (Å²) in [6.07, 6.45) is 0. The summed E-state index contributed by atoms with van der Waals surface area (Å²) in [5.74, 6) is -0.873. The standard InChI is InChI=1S/C9H7FN2O3S/c10-9-7(12-16(13)14)8(15-11-9)6-4-2-1-3-5-6/h1-5,12H,(H,13,14). The van der Waals surface area contributed by atoms with E-state index in [4.69, 9.17) is 9.08 Å². The second kappa shape index (κ2) is 4.42. The van der Waals surface area contributed by atoms with Crippen LogP contribution in [0.3, 0.4) is 0 Å². The van der Waals surface area contributed by atoms with Crippen LogP contribution in [0.1, 0.15) is 0 Å². The highest BCUT2D eigenvalue weighted by atomic mass is 32.2. The van der Waals surface area contributed by atoms with Crippen molar-refractivity contribution in [1.29, 1.82) is 0 Å². The lowest BCUT2D eigenvalue weighted by atomic mass is 10.1. The average molecular weight is 242 g/mol. The molecule has 0 aliphatic carbocycles. The first kappa shape index (κ1) is 10.8. The van der Waals surface area contributed by atoms with Crippen LogP contribution in [0, 0.1) is 5.95 Å². The van der Waals surface area contributed by atoms with Gasteiger partial charge in [-0.15, -0.1) is 0 Å². The van der Waals surface area contributed by atoms with Crippen LogP contribution in [-0.2, 0) is 11.3 Å². The van der Waals surface area contributed by atoms with Gasteiger partial charge in [-0.05, 0) is 5.16 Å². The minimum atomic E-state index is -2.38. The second-order valence-electron chi connectivity index (χ2n) is 2.89. The van der Waals surface area contributed by atoms with E-state index in [0.717, 1.165) is 0 Å². The molecule has 1 heterocycles. The van der Waals surface area contributed by atoms with Crippen LogP contribution < -0.4 is 4.72 Å². The first-order valence-corrected chi connectivity index (χ1v) is 5.37. The smallest absolute Gasteiger partial charge is 0.278 e. The van der Waals surface area contributed by atoms with Crippen molar-refractivity contribution in [3.63, 3.8) is 0 Å². The first-order valence-electron chi connectivity index (χ1n) is 4.26. The normalized spacial score (nSPS) is 12.4. The van der Waals surface area contributed by atoms with Gasteiger partial charge in [-0.3, -0.25) is 9.27 Å². The molecule has 1 aromatic heterocycles. The van der Waals surface area contributed by atoms with Crippen molar-refractivity contribution in [2.24, 2.45) is 0 Å². The first-order chi connectivity index (χ1) is 7.68. The van der Waals surface area contributed by atoms with Gasteiger partial charge < -0.3 is 4.52 Å². The Labute approximate surface area is 92.7 Å². The van der Waals surface area contributed by atoms with E-state index < -0.39 is 17.2 Å². The molecular formula is C9H7FN2O3S. The number of anilines is 1. The monoisotopic (exact) mass is 242 g/mol. The van der Waals surface area contributed by atoms with Crippen molar-refractivity contribution < 1.29 is 17.7 Å². The molecule has 1 aromatic carbocycles. The van der Waals surface area contributed by atoms with E-state index in [1.54, 1.807) is 30.3 Å². The fourth-order valence-corrected chi connectivity index (χ4v) is 1.58. The van der Waals surface area contributed by atoms with Crippen LogP contribution in [-0.4, -0.2) is 13.9 Å². The van der Waals surface area contributed by atoms with Gasteiger partial charge in [0.05, 0.1) is 0 Å². The quantitative estimate of drug-likeness (QED) is 0.807. The minimum Gasteiger partial charge on any atom is -0.351 e. The number of benzene rings is 1. The number of nitrogens with one attached hydrogen (secondary N) is 1. The van der Waals surface area contributed by atoms with Gasteiger partial charge in [0.25, 0.3) is 17.2 Å². The molecule has 2 aromatic rings. The maximum absolute atomic E-state index is 13.1. The van der Waals surface area contributed by atoms with Gasteiger partial charge in [0.15, 0.2) is 11.4 Å². The highest BCUT2D eigenvalue weighted by Gasteiger charge is 2.18. The minimum absolute atomic E-state index is 0.0838. The molecule has 0 aliphatic rings. The van der Waals surface area contributed by atoms with Crippen LogP contribution in [0.25, 0.3) is 11.3 Å². The Morgan fingerprint density at radius 1 is 1.38 bits per heavy atom. The van der Waals surface area contributed by atoms with E-state index in [2.05, 4.69) is 5.16 Å². The zero-order valence-electron chi connectivity index (χ0n) is 7.88. The zero-order chi connectivity index (χ0) is 11.5. The summed E-state index contributed by atoms with van der Waals surface area (Å²) >= 11 is -2.38. The SMILES string of the molecule is O=S(O)Nc1c(F)noc1-c1ccccc1. The molecule has 0 saturated heterocycles.